The van der Waals surface area contributed by atoms with Crippen molar-refractivity contribution in [3.63, 3.8) is 0 Å². The number of guanidine groups is 1. The van der Waals surface area contributed by atoms with Crippen molar-refractivity contribution in [2.75, 3.05) is 26.2 Å². The summed E-state index contributed by atoms with van der Waals surface area (Å²) in [4.78, 5) is 9.41. The summed E-state index contributed by atoms with van der Waals surface area (Å²) in [6.07, 6.45) is 5.30. The van der Waals surface area contributed by atoms with Crippen LogP contribution < -0.4 is 5.73 Å². The number of halogens is 1. The first-order valence-corrected chi connectivity index (χ1v) is 7.88. The van der Waals surface area contributed by atoms with Crippen molar-refractivity contribution in [3.8, 4) is 0 Å². The number of aliphatic imine (C=N–C) groups is 1. The van der Waals surface area contributed by atoms with E-state index in [1.807, 2.05) is 0 Å². The van der Waals surface area contributed by atoms with Gasteiger partial charge in [0.25, 0.3) is 0 Å². The molecule has 0 radical (unpaired) electrons. The van der Waals surface area contributed by atoms with E-state index in [1.54, 1.807) is 0 Å². The van der Waals surface area contributed by atoms with Crippen molar-refractivity contribution in [1.82, 2.24) is 9.80 Å². The lowest BCUT2D eigenvalue weighted by atomic mass is 10.0. The molecule has 1 saturated carbocycles. The predicted octanol–water partition coefficient (Wildman–Crippen LogP) is 2.52. The van der Waals surface area contributed by atoms with E-state index >= 15 is 0 Å². The normalized spacial score (nSPS) is 24.1. The zero-order chi connectivity index (χ0) is 13.8. The number of hydrogen-bond acceptors (Lipinski definition) is 2. The molecule has 0 bridgehead atoms. The summed E-state index contributed by atoms with van der Waals surface area (Å²) < 4.78 is 0. The number of nitrogens with zero attached hydrogens (tertiary/aromatic N) is 3. The SMILES string of the molecule is CC1CCCN(C(N)=NCCN(C(C)C)C2CC2)C1.I. The molecule has 4 nitrogen and oxygen atoms in total. The van der Waals surface area contributed by atoms with Gasteiger partial charge in [-0.1, -0.05) is 6.92 Å². The van der Waals surface area contributed by atoms with E-state index in [9.17, 15) is 0 Å². The summed E-state index contributed by atoms with van der Waals surface area (Å²) in [6.45, 7) is 10.9. The largest absolute Gasteiger partial charge is 0.370 e. The van der Waals surface area contributed by atoms with Crippen LogP contribution in [0.2, 0.25) is 0 Å². The van der Waals surface area contributed by atoms with Crippen LogP contribution in [0.15, 0.2) is 4.99 Å². The van der Waals surface area contributed by atoms with E-state index in [-0.39, 0.29) is 24.0 Å². The maximum Gasteiger partial charge on any atom is 0.191 e. The molecular formula is C15H31IN4. The Hall–Kier alpha value is -0.0400. The second-order valence-corrected chi connectivity index (χ2v) is 6.50. The Morgan fingerprint density at radius 3 is 2.60 bits per heavy atom. The van der Waals surface area contributed by atoms with Gasteiger partial charge in [-0.05, 0) is 45.4 Å². The van der Waals surface area contributed by atoms with Crippen LogP contribution in [0.5, 0.6) is 0 Å². The summed E-state index contributed by atoms with van der Waals surface area (Å²) in [6, 6.07) is 1.44. The number of rotatable bonds is 5. The van der Waals surface area contributed by atoms with Crippen LogP contribution in [0.25, 0.3) is 0 Å². The smallest absolute Gasteiger partial charge is 0.191 e. The van der Waals surface area contributed by atoms with Gasteiger partial charge in [0, 0.05) is 31.7 Å². The second-order valence-electron chi connectivity index (χ2n) is 6.50. The van der Waals surface area contributed by atoms with E-state index < -0.39 is 0 Å². The molecule has 0 amide bonds. The first-order valence-electron chi connectivity index (χ1n) is 7.88. The molecule has 1 saturated heterocycles. The fourth-order valence-electron chi connectivity index (χ4n) is 3.05. The number of piperidine rings is 1. The van der Waals surface area contributed by atoms with Gasteiger partial charge in [-0.25, -0.2) is 0 Å². The monoisotopic (exact) mass is 394 g/mol. The lowest BCUT2D eigenvalue weighted by Gasteiger charge is -2.32. The second kappa shape index (κ2) is 8.41. The van der Waals surface area contributed by atoms with Crippen LogP contribution in [0, 0.1) is 5.92 Å². The summed E-state index contributed by atoms with van der Waals surface area (Å²) in [7, 11) is 0. The molecule has 2 rings (SSSR count). The van der Waals surface area contributed by atoms with Crippen molar-refractivity contribution >= 4 is 29.9 Å². The standard InChI is InChI=1S/C15H30N4.HI/c1-12(2)19(14-6-7-14)10-8-17-15(16)18-9-4-5-13(3)11-18;/h12-14H,4-11H2,1-3H3,(H2,16,17);1H. The molecule has 2 N–H and O–H groups in total. The molecule has 1 aliphatic carbocycles. The number of likely N-dealkylation sites (tertiary alicyclic amines) is 1. The molecule has 0 aromatic carbocycles. The van der Waals surface area contributed by atoms with Crippen molar-refractivity contribution in [1.29, 1.82) is 0 Å². The number of nitrogens with two attached hydrogens (primary N) is 1. The highest BCUT2D eigenvalue weighted by molar-refractivity contribution is 14.0. The topological polar surface area (TPSA) is 44.9 Å². The molecular weight excluding hydrogens is 363 g/mol. The zero-order valence-electron chi connectivity index (χ0n) is 13.2. The maximum absolute atomic E-state index is 6.12. The molecule has 1 unspecified atom stereocenters. The molecule has 5 heteroatoms. The third-order valence-electron chi connectivity index (χ3n) is 4.29. The third kappa shape index (κ3) is 5.39. The predicted molar refractivity (Wildman–Crippen MR) is 96.7 cm³/mol. The molecule has 2 fully saturated rings. The van der Waals surface area contributed by atoms with Crippen molar-refractivity contribution < 1.29 is 0 Å². The van der Waals surface area contributed by atoms with E-state index in [0.29, 0.717) is 6.04 Å². The Bertz CT molecular complexity index is 313. The first kappa shape index (κ1) is 18.0. The minimum Gasteiger partial charge on any atom is -0.370 e. The molecule has 2 aliphatic rings. The molecule has 118 valence electrons. The van der Waals surface area contributed by atoms with Crippen LogP contribution in [0.1, 0.15) is 46.5 Å². The Kier molecular flexibility index (Phi) is 7.58. The van der Waals surface area contributed by atoms with E-state index in [1.165, 1.54) is 25.7 Å². The molecule has 1 heterocycles. The highest BCUT2D eigenvalue weighted by Crippen LogP contribution is 2.28. The number of hydrogen-bond donors (Lipinski definition) is 1. The van der Waals surface area contributed by atoms with Gasteiger partial charge in [0.15, 0.2) is 5.96 Å². The van der Waals surface area contributed by atoms with Crippen LogP contribution in [0.4, 0.5) is 0 Å². The summed E-state index contributed by atoms with van der Waals surface area (Å²) in [5.41, 5.74) is 6.12. The summed E-state index contributed by atoms with van der Waals surface area (Å²) in [5.74, 6) is 1.51. The van der Waals surface area contributed by atoms with Crippen LogP contribution in [-0.2, 0) is 0 Å². The van der Waals surface area contributed by atoms with Crippen LogP contribution in [0.3, 0.4) is 0 Å². The fourth-order valence-corrected chi connectivity index (χ4v) is 3.05. The van der Waals surface area contributed by atoms with Gasteiger partial charge < -0.3 is 10.6 Å². The molecule has 20 heavy (non-hydrogen) atoms. The average Bonchev–Trinajstić information content (AvgIpc) is 3.18. The summed E-state index contributed by atoms with van der Waals surface area (Å²) >= 11 is 0. The van der Waals surface area contributed by atoms with E-state index in [4.69, 9.17) is 5.73 Å². The van der Waals surface area contributed by atoms with E-state index in [2.05, 4.69) is 35.6 Å². The average molecular weight is 394 g/mol. The Morgan fingerprint density at radius 2 is 2.05 bits per heavy atom. The highest BCUT2D eigenvalue weighted by atomic mass is 127. The Labute approximate surface area is 141 Å². The van der Waals surface area contributed by atoms with Gasteiger partial charge in [-0.15, -0.1) is 24.0 Å². The first-order chi connectivity index (χ1) is 9.08. The minimum atomic E-state index is 0. The van der Waals surface area contributed by atoms with Crippen molar-refractivity contribution in [2.45, 2.75) is 58.5 Å². The van der Waals surface area contributed by atoms with Gasteiger partial charge in [0.05, 0.1) is 6.54 Å². The third-order valence-corrected chi connectivity index (χ3v) is 4.29. The molecule has 0 spiro atoms. The molecule has 0 aromatic rings. The van der Waals surface area contributed by atoms with Crippen LogP contribution in [-0.4, -0.2) is 54.0 Å². The lowest BCUT2D eigenvalue weighted by molar-refractivity contribution is 0.217. The van der Waals surface area contributed by atoms with Gasteiger partial charge in [-0.2, -0.15) is 0 Å². The van der Waals surface area contributed by atoms with Gasteiger partial charge >= 0.3 is 0 Å². The zero-order valence-corrected chi connectivity index (χ0v) is 15.5. The molecule has 0 aromatic heterocycles. The van der Waals surface area contributed by atoms with Gasteiger partial charge in [0.1, 0.15) is 0 Å². The Balaban J connectivity index is 0.00000200. The van der Waals surface area contributed by atoms with Gasteiger partial charge in [-0.3, -0.25) is 9.89 Å². The van der Waals surface area contributed by atoms with Crippen molar-refractivity contribution in [3.05, 3.63) is 0 Å². The minimum absolute atomic E-state index is 0. The van der Waals surface area contributed by atoms with Crippen LogP contribution >= 0.6 is 24.0 Å². The highest BCUT2D eigenvalue weighted by Gasteiger charge is 2.30. The quantitative estimate of drug-likeness (QED) is 0.443. The summed E-state index contributed by atoms with van der Waals surface area (Å²) in [5, 5.41) is 0. The Morgan fingerprint density at radius 1 is 1.35 bits per heavy atom. The lowest BCUT2D eigenvalue weighted by Crippen LogP contribution is -2.44. The molecule has 1 atom stereocenters. The van der Waals surface area contributed by atoms with Gasteiger partial charge in [0.2, 0.25) is 0 Å². The maximum atomic E-state index is 6.12. The van der Waals surface area contributed by atoms with E-state index in [0.717, 1.165) is 44.1 Å². The fraction of sp³-hybridized carbons (Fsp3) is 0.933. The molecule has 1 aliphatic heterocycles. The van der Waals surface area contributed by atoms with Crippen molar-refractivity contribution in [2.24, 2.45) is 16.6 Å².